The summed E-state index contributed by atoms with van der Waals surface area (Å²) in [6, 6.07) is 18.4. The number of Topliss-reactive ketones (excluding diaryl/α,β-unsaturated/α-hetero) is 1. The van der Waals surface area contributed by atoms with E-state index in [9.17, 15) is 9.59 Å². The van der Waals surface area contributed by atoms with Crippen LogP contribution in [0, 0.1) is 0 Å². The first-order chi connectivity index (χ1) is 13.1. The molecule has 0 aromatic heterocycles. The summed E-state index contributed by atoms with van der Waals surface area (Å²) in [5, 5.41) is 0.666. The van der Waals surface area contributed by atoms with Crippen LogP contribution in [0.5, 0.6) is 0 Å². The summed E-state index contributed by atoms with van der Waals surface area (Å²) in [7, 11) is 0. The predicted octanol–water partition coefficient (Wildman–Crippen LogP) is 6.30. The number of ketones is 2. The van der Waals surface area contributed by atoms with Gasteiger partial charge in [-0.3, -0.25) is 9.59 Å². The van der Waals surface area contributed by atoms with Crippen molar-refractivity contribution in [1.82, 2.24) is 0 Å². The summed E-state index contributed by atoms with van der Waals surface area (Å²) < 4.78 is 0. The molecule has 0 bridgehead atoms. The maximum atomic E-state index is 12.3. The quantitative estimate of drug-likeness (QED) is 0.437. The van der Waals surface area contributed by atoms with Crippen LogP contribution < -0.4 is 0 Å². The van der Waals surface area contributed by atoms with E-state index in [0.717, 1.165) is 30.4 Å². The van der Waals surface area contributed by atoms with Gasteiger partial charge in [0.15, 0.2) is 11.6 Å². The lowest BCUT2D eigenvalue weighted by molar-refractivity contribution is 0.0994. The van der Waals surface area contributed by atoms with Gasteiger partial charge in [0.05, 0.1) is 0 Å². The number of rotatable bonds is 6. The highest BCUT2D eigenvalue weighted by atomic mass is 35.5. The molecule has 0 spiro atoms. The molecule has 0 aliphatic heterocycles. The van der Waals surface area contributed by atoms with Crippen molar-refractivity contribution in [3.8, 4) is 0 Å². The van der Waals surface area contributed by atoms with Crippen molar-refractivity contribution in [2.24, 2.45) is 0 Å². The van der Waals surface area contributed by atoms with E-state index >= 15 is 0 Å². The third-order valence-electron chi connectivity index (χ3n) is 4.58. The van der Waals surface area contributed by atoms with Gasteiger partial charge in [-0.25, -0.2) is 0 Å². The van der Waals surface area contributed by atoms with Crippen molar-refractivity contribution in [2.45, 2.75) is 25.7 Å². The Balaban J connectivity index is 1.71. The second-order valence-electron chi connectivity index (χ2n) is 6.48. The van der Waals surface area contributed by atoms with Crippen LogP contribution >= 0.6 is 11.6 Å². The Bertz CT molecular complexity index is 906. The van der Waals surface area contributed by atoms with Crippen LogP contribution in [0.1, 0.15) is 46.4 Å². The highest BCUT2D eigenvalue weighted by molar-refractivity contribution is 6.32. The van der Waals surface area contributed by atoms with Crippen LogP contribution in [-0.2, 0) is 0 Å². The molecule has 3 rings (SSSR count). The van der Waals surface area contributed by atoms with Crippen molar-refractivity contribution in [2.75, 3.05) is 0 Å². The van der Waals surface area contributed by atoms with Gasteiger partial charge in [-0.15, -0.1) is 0 Å². The molecule has 27 heavy (non-hydrogen) atoms. The fourth-order valence-electron chi connectivity index (χ4n) is 3.08. The highest BCUT2D eigenvalue weighted by Crippen LogP contribution is 2.33. The largest absolute Gasteiger partial charge is 0.294 e. The van der Waals surface area contributed by atoms with E-state index in [4.69, 9.17) is 11.6 Å². The van der Waals surface area contributed by atoms with Crippen LogP contribution in [-0.4, -0.2) is 11.6 Å². The standard InChI is InChI=1S/C24H21ClO2/c25-24-20(14-16-22(26)18-8-3-1-4-9-18)12-7-13-21(24)15-17-23(27)19-10-5-2-6-11-19/h1-6,8-11,14-16H,7,12-13,17H2/b16-14+,21-15+. The van der Waals surface area contributed by atoms with Gasteiger partial charge >= 0.3 is 0 Å². The number of carbonyl (C=O) groups is 2. The molecule has 1 aliphatic carbocycles. The van der Waals surface area contributed by atoms with Crippen molar-refractivity contribution in [1.29, 1.82) is 0 Å². The maximum Gasteiger partial charge on any atom is 0.185 e. The molecule has 0 heterocycles. The Morgan fingerprint density at radius 1 is 0.889 bits per heavy atom. The first kappa shape index (κ1) is 19.1. The highest BCUT2D eigenvalue weighted by Gasteiger charge is 2.15. The fraction of sp³-hybridized carbons (Fsp3) is 0.167. The first-order valence-corrected chi connectivity index (χ1v) is 9.46. The number of hydrogen-bond acceptors (Lipinski definition) is 2. The topological polar surface area (TPSA) is 34.1 Å². The Morgan fingerprint density at radius 3 is 2.19 bits per heavy atom. The Labute approximate surface area is 164 Å². The molecule has 0 N–H and O–H groups in total. The van der Waals surface area contributed by atoms with Gasteiger partial charge in [0.2, 0.25) is 0 Å². The zero-order chi connectivity index (χ0) is 19.1. The van der Waals surface area contributed by atoms with Gasteiger partial charge in [-0.1, -0.05) is 84.4 Å². The van der Waals surface area contributed by atoms with Crippen molar-refractivity contribution >= 4 is 23.2 Å². The Kier molecular flexibility index (Phi) is 6.56. The Hall–Kier alpha value is -2.71. The number of hydrogen-bond donors (Lipinski definition) is 0. The summed E-state index contributed by atoms with van der Waals surface area (Å²) >= 11 is 6.55. The van der Waals surface area contributed by atoms with Gasteiger partial charge in [0, 0.05) is 22.6 Å². The van der Waals surface area contributed by atoms with E-state index in [2.05, 4.69) is 0 Å². The summed E-state index contributed by atoms with van der Waals surface area (Å²) in [6.07, 6.45) is 8.28. The van der Waals surface area contributed by atoms with Crippen LogP contribution in [0.25, 0.3) is 0 Å². The van der Waals surface area contributed by atoms with Crippen LogP contribution in [0.2, 0.25) is 0 Å². The van der Waals surface area contributed by atoms with Crippen LogP contribution in [0.3, 0.4) is 0 Å². The van der Waals surface area contributed by atoms with Crippen LogP contribution in [0.4, 0.5) is 0 Å². The minimum atomic E-state index is -0.0390. The van der Waals surface area contributed by atoms with Gasteiger partial charge < -0.3 is 0 Å². The lowest BCUT2D eigenvalue weighted by atomic mass is 9.93. The number of benzene rings is 2. The molecule has 0 unspecified atom stereocenters. The van der Waals surface area contributed by atoms with Crippen molar-refractivity contribution < 1.29 is 9.59 Å². The summed E-state index contributed by atoms with van der Waals surface area (Å²) in [5.74, 6) is 0.0393. The van der Waals surface area contributed by atoms with E-state index in [1.54, 1.807) is 18.2 Å². The predicted molar refractivity (Wildman–Crippen MR) is 110 cm³/mol. The molecular formula is C24H21ClO2. The molecular weight excluding hydrogens is 356 g/mol. The second-order valence-corrected chi connectivity index (χ2v) is 6.86. The smallest absolute Gasteiger partial charge is 0.185 e. The second kappa shape index (κ2) is 9.29. The number of halogens is 1. The third-order valence-corrected chi connectivity index (χ3v) is 5.07. The normalized spacial score (nSPS) is 16.1. The molecule has 0 radical (unpaired) electrons. The molecule has 0 atom stereocenters. The molecule has 3 heteroatoms. The molecule has 2 aromatic rings. The molecule has 2 aromatic carbocycles. The fourth-order valence-corrected chi connectivity index (χ4v) is 3.41. The molecule has 1 aliphatic rings. The molecule has 0 amide bonds. The third kappa shape index (κ3) is 5.15. The lowest BCUT2D eigenvalue weighted by Crippen LogP contribution is -2.02. The van der Waals surface area contributed by atoms with E-state index in [1.807, 2.05) is 60.7 Å². The lowest BCUT2D eigenvalue weighted by Gasteiger charge is -2.17. The summed E-state index contributed by atoms with van der Waals surface area (Å²) in [6.45, 7) is 0. The maximum absolute atomic E-state index is 12.3. The van der Waals surface area contributed by atoms with Gasteiger partial charge in [-0.05, 0) is 36.5 Å². The summed E-state index contributed by atoms with van der Waals surface area (Å²) in [4.78, 5) is 24.5. The average molecular weight is 377 g/mol. The first-order valence-electron chi connectivity index (χ1n) is 9.09. The van der Waals surface area contributed by atoms with E-state index < -0.39 is 0 Å². The minimum Gasteiger partial charge on any atom is -0.294 e. The summed E-state index contributed by atoms with van der Waals surface area (Å²) in [5.41, 5.74) is 3.30. The zero-order valence-corrected chi connectivity index (χ0v) is 15.8. The molecule has 0 saturated heterocycles. The average Bonchev–Trinajstić information content (AvgIpc) is 2.73. The SMILES string of the molecule is O=C(/C=C/C1=C(Cl)C(=C/CC(=O)c2ccccc2)/CCC1)c1ccccc1. The monoisotopic (exact) mass is 376 g/mol. The van der Waals surface area contributed by atoms with E-state index in [0.29, 0.717) is 22.6 Å². The van der Waals surface area contributed by atoms with Gasteiger partial charge in [-0.2, -0.15) is 0 Å². The number of carbonyl (C=O) groups excluding carboxylic acids is 2. The van der Waals surface area contributed by atoms with Crippen LogP contribution in [0.15, 0.2) is 95.1 Å². The van der Waals surface area contributed by atoms with E-state index in [-0.39, 0.29) is 11.6 Å². The molecule has 0 fully saturated rings. The van der Waals surface area contributed by atoms with Crippen molar-refractivity contribution in [3.05, 3.63) is 106 Å². The molecule has 2 nitrogen and oxygen atoms in total. The minimum absolute atomic E-state index is 0.0390. The van der Waals surface area contributed by atoms with Gasteiger partial charge in [0.25, 0.3) is 0 Å². The number of allylic oxidation sites excluding steroid dienone is 6. The van der Waals surface area contributed by atoms with Crippen molar-refractivity contribution in [3.63, 3.8) is 0 Å². The Morgan fingerprint density at radius 2 is 1.52 bits per heavy atom. The van der Waals surface area contributed by atoms with Gasteiger partial charge in [0.1, 0.15) is 0 Å². The molecule has 136 valence electrons. The van der Waals surface area contributed by atoms with E-state index in [1.165, 1.54) is 0 Å². The molecule has 0 saturated carbocycles. The zero-order valence-electron chi connectivity index (χ0n) is 15.0.